The van der Waals surface area contributed by atoms with Crippen LogP contribution in [0, 0.1) is 50.2 Å². The highest BCUT2D eigenvalue weighted by Crippen LogP contribution is 2.75. The van der Waals surface area contributed by atoms with Gasteiger partial charge in [-0.3, -0.25) is 4.79 Å². The van der Waals surface area contributed by atoms with Gasteiger partial charge in [0.05, 0.1) is 24.2 Å². The molecule has 0 aliphatic heterocycles. The molecule has 0 aromatic carbocycles. The van der Waals surface area contributed by atoms with Gasteiger partial charge < -0.3 is 20.4 Å². The van der Waals surface area contributed by atoms with Crippen LogP contribution in [0.25, 0.3) is 0 Å². The number of aliphatic carboxylic acids is 1. The number of rotatable bonds is 2. The number of carbonyl (C=O) groups is 1. The molecule has 4 N–H and O–H groups in total. The van der Waals surface area contributed by atoms with Crippen LogP contribution < -0.4 is 0 Å². The number of carboxylic acids is 1. The molecule has 0 aromatic rings. The predicted molar refractivity (Wildman–Crippen MR) is 135 cm³/mol. The van der Waals surface area contributed by atoms with Gasteiger partial charge in [0.1, 0.15) is 0 Å². The Morgan fingerprint density at radius 2 is 1.63 bits per heavy atom. The molecule has 5 aliphatic rings. The van der Waals surface area contributed by atoms with E-state index in [4.69, 9.17) is 0 Å². The first kappa shape index (κ1) is 25.7. The topological polar surface area (TPSA) is 98.0 Å². The second-order valence-corrected chi connectivity index (χ2v) is 15.1. The summed E-state index contributed by atoms with van der Waals surface area (Å²) < 4.78 is 0. The summed E-state index contributed by atoms with van der Waals surface area (Å²) in [4.78, 5) is 12.8. The first-order chi connectivity index (χ1) is 16.1. The number of aliphatic hydroxyl groups excluding tert-OH is 3. The molecule has 35 heavy (non-hydrogen) atoms. The number of aliphatic hydroxyl groups is 3. The van der Waals surface area contributed by atoms with Gasteiger partial charge in [-0.2, -0.15) is 0 Å². The third-order valence-corrected chi connectivity index (χ3v) is 13.1. The van der Waals surface area contributed by atoms with Crippen molar-refractivity contribution in [3.63, 3.8) is 0 Å². The monoisotopic (exact) mass is 488 g/mol. The highest BCUT2D eigenvalue weighted by molar-refractivity contribution is 5.76. The highest BCUT2D eigenvalue weighted by Gasteiger charge is 2.71. The van der Waals surface area contributed by atoms with Crippen LogP contribution in [-0.2, 0) is 4.79 Å². The van der Waals surface area contributed by atoms with Gasteiger partial charge in [0.25, 0.3) is 0 Å². The maximum absolute atomic E-state index is 12.8. The van der Waals surface area contributed by atoms with E-state index in [2.05, 4.69) is 40.7 Å². The Labute approximate surface area is 211 Å². The second-order valence-electron chi connectivity index (χ2n) is 15.1. The van der Waals surface area contributed by atoms with Gasteiger partial charge >= 0.3 is 5.97 Å². The third-order valence-electron chi connectivity index (χ3n) is 13.1. The molecular weight excluding hydrogens is 440 g/mol. The molecular formula is C30H48O5. The zero-order valence-corrected chi connectivity index (χ0v) is 22.7. The Bertz CT molecular complexity index is 941. The fourth-order valence-electron chi connectivity index (χ4n) is 10.8. The van der Waals surface area contributed by atoms with E-state index in [1.54, 1.807) is 0 Å². The van der Waals surface area contributed by atoms with Crippen molar-refractivity contribution in [2.75, 3.05) is 6.61 Å². The van der Waals surface area contributed by atoms with Gasteiger partial charge in [-0.1, -0.05) is 53.2 Å². The number of hydrogen-bond acceptors (Lipinski definition) is 4. The van der Waals surface area contributed by atoms with Crippen molar-refractivity contribution in [1.29, 1.82) is 0 Å². The molecule has 0 spiro atoms. The molecule has 0 bridgehead atoms. The van der Waals surface area contributed by atoms with Gasteiger partial charge in [-0.15, -0.1) is 0 Å². The molecule has 0 saturated heterocycles. The van der Waals surface area contributed by atoms with Crippen LogP contribution in [0.3, 0.4) is 0 Å². The van der Waals surface area contributed by atoms with Crippen LogP contribution in [0.5, 0.6) is 0 Å². The van der Waals surface area contributed by atoms with E-state index in [0.717, 1.165) is 38.5 Å². The van der Waals surface area contributed by atoms with Gasteiger partial charge in [-0.25, -0.2) is 0 Å². The van der Waals surface area contributed by atoms with Gasteiger partial charge in [-0.05, 0) is 91.3 Å². The lowest BCUT2D eigenvalue weighted by Crippen LogP contribution is -2.69. The molecule has 0 unspecified atom stereocenters. The lowest BCUT2D eigenvalue weighted by molar-refractivity contribution is -0.252. The molecule has 0 heterocycles. The van der Waals surface area contributed by atoms with E-state index < -0.39 is 29.0 Å². The molecule has 4 fully saturated rings. The Kier molecular flexibility index (Phi) is 5.56. The second kappa shape index (κ2) is 7.57. The van der Waals surface area contributed by atoms with Crippen LogP contribution in [0.4, 0.5) is 0 Å². The molecule has 0 radical (unpaired) electrons. The number of hydrogen-bond donors (Lipinski definition) is 4. The smallest absolute Gasteiger partial charge is 0.310 e. The first-order valence-corrected chi connectivity index (χ1v) is 14.0. The summed E-state index contributed by atoms with van der Waals surface area (Å²) in [6.45, 7) is 13.5. The highest BCUT2D eigenvalue weighted by atomic mass is 16.4. The van der Waals surface area contributed by atoms with E-state index in [0.29, 0.717) is 25.2 Å². The average Bonchev–Trinajstić information content (AvgIpc) is 2.76. The first-order valence-electron chi connectivity index (χ1n) is 14.0. The number of carboxylic acid groups (broad SMARTS) is 1. The van der Waals surface area contributed by atoms with Gasteiger partial charge in [0.15, 0.2) is 0 Å². The summed E-state index contributed by atoms with van der Waals surface area (Å²) in [6, 6.07) is 0. The summed E-state index contributed by atoms with van der Waals surface area (Å²) >= 11 is 0. The van der Waals surface area contributed by atoms with Crippen molar-refractivity contribution in [1.82, 2.24) is 0 Å². The van der Waals surface area contributed by atoms with E-state index in [1.165, 1.54) is 5.57 Å². The minimum Gasteiger partial charge on any atom is -0.481 e. The molecule has 4 saturated carbocycles. The largest absolute Gasteiger partial charge is 0.481 e. The van der Waals surface area contributed by atoms with Gasteiger partial charge in [0, 0.05) is 11.3 Å². The molecule has 10 atom stereocenters. The third kappa shape index (κ3) is 3.07. The predicted octanol–water partition coefficient (Wildman–Crippen LogP) is 5.18. The molecule has 5 aliphatic carbocycles. The van der Waals surface area contributed by atoms with Crippen molar-refractivity contribution >= 4 is 5.97 Å². The van der Waals surface area contributed by atoms with E-state index in [-0.39, 0.29) is 40.1 Å². The average molecular weight is 489 g/mol. The summed E-state index contributed by atoms with van der Waals surface area (Å²) in [5.74, 6) is -0.400. The number of allylic oxidation sites excluding steroid dienone is 2. The maximum Gasteiger partial charge on any atom is 0.310 e. The molecule has 5 heteroatoms. The Morgan fingerprint density at radius 3 is 2.26 bits per heavy atom. The van der Waals surface area contributed by atoms with Crippen molar-refractivity contribution < 1.29 is 25.2 Å². The van der Waals surface area contributed by atoms with E-state index in [1.807, 2.05) is 6.92 Å². The zero-order valence-electron chi connectivity index (χ0n) is 22.7. The van der Waals surface area contributed by atoms with Crippen LogP contribution in [0.2, 0.25) is 0 Å². The Balaban J connectivity index is 1.63. The fourth-order valence-corrected chi connectivity index (χ4v) is 10.8. The lowest BCUT2D eigenvalue weighted by atomic mass is 9.33. The Hall–Kier alpha value is -0.910. The molecule has 198 valence electrons. The maximum atomic E-state index is 12.8. The number of fused-ring (bicyclic) bond motifs is 7. The SMILES string of the molecule is CC1(C)CC[C@]2(C(=O)O)CC[C@]3(C)C(=CC[C@H]4[C@@]5(C)CC[C@H](O)[C@@](C)(CO)[C@@H]5[C@@H](O)C[C@@]43C)[C@@H]2C1. The zero-order chi connectivity index (χ0) is 25.8. The fraction of sp³-hybridized carbons (Fsp3) is 0.900. The standard InChI is InChI=1S/C30H48O5/c1-25(2)11-13-30(24(34)35)14-12-28(5)18(19(30)15-25)7-8-21-26(3)10-9-22(33)27(4,17-31)23(26)20(32)16-29(21,28)6/h7,19-23,31-33H,8-17H2,1-6H3,(H,34,35)/t19-,20-,21-,22-,23+,26+,27+,28+,29-,30-/m0/s1. The minimum atomic E-state index is -0.711. The quantitative estimate of drug-likeness (QED) is 0.402. The lowest BCUT2D eigenvalue weighted by Gasteiger charge is -2.72. The summed E-state index contributed by atoms with van der Waals surface area (Å²) in [5.41, 5.74) is -0.397. The summed E-state index contributed by atoms with van der Waals surface area (Å²) in [5, 5.41) is 43.6. The minimum absolute atomic E-state index is 0.0545. The summed E-state index contributed by atoms with van der Waals surface area (Å²) in [7, 11) is 0. The van der Waals surface area contributed by atoms with Crippen LogP contribution in [-0.4, -0.2) is 45.2 Å². The normalized spacial score (nSPS) is 55.0. The van der Waals surface area contributed by atoms with Crippen molar-refractivity contribution in [3.05, 3.63) is 11.6 Å². The van der Waals surface area contributed by atoms with Gasteiger partial charge in [0.2, 0.25) is 0 Å². The van der Waals surface area contributed by atoms with Crippen LogP contribution in [0.1, 0.15) is 99.3 Å². The van der Waals surface area contributed by atoms with Crippen LogP contribution in [0.15, 0.2) is 11.6 Å². The van der Waals surface area contributed by atoms with Crippen molar-refractivity contribution in [2.45, 2.75) is 112 Å². The summed E-state index contributed by atoms with van der Waals surface area (Å²) in [6.07, 6.45) is 8.44. The molecule has 5 nitrogen and oxygen atoms in total. The Morgan fingerprint density at radius 1 is 0.971 bits per heavy atom. The van der Waals surface area contributed by atoms with E-state index >= 15 is 0 Å². The molecule has 0 amide bonds. The van der Waals surface area contributed by atoms with Crippen LogP contribution >= 0.6 is 0 Å². The van der Waals surface area contributed by atoms with E-state index in [9.17, 15) is 25.2 Å². The van der Waals surface area contributed by atoms with Crippen molar-refractivity contribution in [2.24, 2.45) is 50.2 Å². The van der Waals surface area contributed by atoms with Crippen molar-refractivity contribution in [3.8, 4) is 0 Å². The molecule has 5 rings (SSSR count). The molecule has 0 aromatic heterocycles.